The second kappa shape index (κ2) is 44.8. The van der Waals surface area contributed by atoms with E-state index in [1.165, 1.54) is 51.4 Å². The first-order valence-corrected chi connectivity index (χ1v) is 41.1. The molecule has 3 fully saturated rings. The summed E-state index contributed by atoms with van der Waals surface area (Å²) < 4.78 is 28.2. The van der Waals surface area contributed by atoms with E-state index in [4.69, 9.17) is 160 Å². The molecule has 3 saturated heterocycles. The Morgan fingerprint density at radius 1 is 0.480 bits per heavy atom. The predicted octanol–water partition coefficient (Wildman–Crippen LogP) is 16.6. The number of aromatic nitrogens is 16. The van der Waals surface area contributed by atoms with E-state index < -0.39 is 13.1 Å². The smallest absolute Gasteiger partial charge is 0.478 e. The first-order chi connectivity index (χ1) is 58.3. The molecule has 0 bridgehead atoms. The maximum absolute atomic E-state index is 11.5. The fourth-order valence-corrected chi connectivity index (χ4v) is 13.4. The molecule has 13 aromatic rings. The minimum atomic E-state index is -1.11. The van der Waals surface area contributed by atoms with Crippen LogP contribution < -0.4 is 37.3 Å². The lowest BCUT2D eigenvalue weighted by Crippen LogP contribution is -2.41. The molecule has 1 amide bonds. The second-order valence-corrected chi connectivity index (χ2v) is 31.6. The van der Waals surface area contributed by atoms with Gasteiger partial charge in [-0.05, 0) is 184 Å². The van der Waals surface area contributed by atoms with E-state index in [0.29, 0.717) is 81.0 Å². The number of ether oxygens (including phenoxy) is 2. The van der Waals surface area contributed by atoms with E-state index in [0.717, 1.165) is 110 Å². The molecule has 123 heavy (non-hydrogen) atoms. The molecule has 0 unspecified atom stereocenters. The monoisotopic (exact) mass is 1870 g/mol. The van der Waals surface area contributed by atoms with Crippen LogP contribution >= 0.6 is 116 Å². The van der Waals surface area contributed by atoms with Gasteiger partial charge >= 0.3 is 13.1 Å². The van der Waals surface area contributed by atoms with Crippen molar-refractivity contribution in [2.24, 2.45) is 27.0 Å². The summed E-state index contributed by atoms with van der Waals surface area (Å²) in [4.78, 5) is 84.6. The number of aromatic carboxylic acids is 1. The van der Waals surface area contributed by atoms with Crippen LogP contribution in [0.15, 0.2) is 133 Å². The number of halogens is 10. The number of anilines is 6. The number of hydrogen-bond acceptors (Lipinski definition) is 27. The average Bonchev–Trinajstić information content (AvgIpc) is 1.58. The molecule has 648 valence electrons. The predicted molar refractivity (Wildman–Crippen MR) is 486 cm³/mol. The fraction of sp³-hybridized carbons (Fsp3) is 0.300. The van der Waals surface area contributed by atoms with Crippen LogP contribution in [-0.2, 0) is 44.8 Å². The van der Waals surface area contributed by atoms with E-state index >= 15 is 0 Å². The molecule has 0 atom stereocenters. The zero-order valence-corrected chi connectivity index (χ0v) is 76.6. The molecule has 0 radical (unpaired) electrons. The van der Waals surface area contributed by atoms with Crippen molar-refractivity contribution >= 4 is 214 Å². The van der Waals surface area contributed by atoms with Gasteiger partial charge in [-0.3, -0.25) is 39.7 Å². The van der Waals surface area contributed by atoms with Crippen molar-refractivity contribution in [3.63, 3.8) is 0 Å². The zero-order valence-electron chi connectivity index (χ0n) is 69.0. The summed E-state index contributed by atoms with van der Waals surface area (Å²) in [6.45, 7) is 21.2. The maximum Gasteiger partial charge on any atom is 0.514 e. The van der Waals surface area contributed by atoms with Gasteiger partial charge in [-0.15, -0.1) is 0 Å². The lowest BCUT2D eigenvalue weighted by atomic mass is 9.84. The highest BCUT2D eigenvalue weighted by molar-refractivity contribution is 6.61. The number of hydroxylamine groups is 2. The third-order valence-corrected chi connectivity index (χ3v) is 20.8. The van der Waals surface area contributed by atoms with Crippen LogP contribution in [0.3, 0.4) is 0 Å². The molecule has 0 saturated carbocycles. The van der Waals surface area contributed by atoms with Crippen LogP contribution in [-0.4, -0.2) is 199 Å². The van der Waals surface area contributed by atoms with E-state index in [9.17, 15) is 14.4 Å². The number of fused-ring (bicyclic) bond motifs is 3. The van der Waals surface area contributed by atoms with Gasteiger partial charge in [0.25, 0.3) is 5.91 Å². The SMILES string of the molecule is CC(=O)c1ccc(Cl)nc1Cl.CNN.CON(C)C(=O)c1ccc(Cl)nc1Cl.Cc1nn(C)c2nc(-c3cc(Nc4ccc(Cl)cc4)nc(N4CCOCC4)n3)ccc12.Cc1nn(C)c2nc(B3OC(C)(C)C(C)(C)O3)ccc12.Cc1nn(C)c2nc(Cl)ccc12.Clc1ccc(Nc2cc(Cl)nc(N3CCOCC3)n2)cc1.O=C(O)c1ccc(Cl)nc1Cl. The Balaban J connectivity index is 0.000000167. The van der Waals surface area contributed by atoms with Crippen LogP contribution in [0.4, 0.5) is 34.9 Å². The Morgan fingerprint density at radius 2 is 0.862 bits per heavy atom. The molecule has 14 heterocycles. The number of pyridine rings is 6. The number of amides is 1. The van der Waals surface area contributed by atoms with Crippen LogP contribution in [0.1, 0.15) is 82.8 Å². The Hall–Kier alpha value is -9.60. The van der Waals surface area contributed by atoms with Crippen LogP contribution in [0.25, 0.3) is 44.5 Å². The third-order valence-electron chi connectivity index (χ3n) is 18.4. The average molecular weight is 1880 g/mol. The molecular formula is C80H86BCl10N23O9. The Morgan fingerprint density at radius 3 is 1.29 bits per heavy atom. The van der Waals surface area contributed by atoms with Gasteiger partial charge in [-0.1, -0.05) is 116 Å². The first-order valence-electron chi connectivity index (χ1n) is 37.3. The number of carbonyl (C=O) groups excluding carboxylic acids is 2. The van der Waals surface area contributed by atoms with Gasteiger partial charge in [-0.25, -0.2) is 49.7 Å². The van der Waals surface area contributed by atoms with Crippen LogP contribution in [0.2, 0.25) is 51.3 Å². The Kier molecular flexibility index (Phi) is 35.4. The largest absolute Gasteiger partial charge is 0.514 e. The van der Waals surface area contributed by atoms with Crippen molar-refractivity contribution in [3.05, 3.63) is 219 Å². The highest BCUT2D eigenvalue weighted by Crippen LogP contribution is 2.37. The minimum absolute atomic E-state index is 0.0453. The number of nitrogens with zero attached hydrogens (tertiary/aromatic N) is 19. The van der Waals surface area contributed by atoms with Crippen molar-refractivity contribution in [2.45, 2.75) is 66.6 Å². The van der Waals surface area contributed by atoms with Gasteiger partial charge in [-0.2, -0.15) is 25.3 Å². The summed E-state index contributed by atoms with van der Waals surface area (Å²) in [7, 11) is 9.75. The number of ketones is 1. The molecular weight excluding hydrogens is 1790 g/mol. The van der Waals surface area contributed by atoms with Crippen molar-refractivity contribution in [3.8, 4) is 11.4 Å². The van der Waals surface area contributed by atoms with E-state index in [1.807, 2.05) is 155 Å². The Bertz CT molecular complexity index is 5750. The maximum atomic E-state index is 11.5. The van der Waals surface area contributed by atoms with Crippen molar-refractivity contribution < 1.29 is 43.1 Å². The summed E-state index contributed by atoms with van der Waals surface area (Å²) in [5.41, 5.74) is 11.7. The first kappa shape index (κ1) is 97.2. The topological polar surface area (TPSA) is 372 Å². The Labute approximate surface area is 759 Å². The molecule has 0 aliphatic carbocycles. The number of carboxylic acid groups (broad SMARTS) is 1. The number of nitrogens with two attached hydrogens (primary N) is 1. The van der Waals surface area contributed by atoms with Gasteiger partial charge in [0.05, 0.1) is 95.5 Å². The van der Waals surface area contributed by atoms with Crippen LogP contribution in [0.5, 0.6) is 0 Å². The standard InChI is InChI=1S/C22H22ClN7O.C14H20BN3O2.C14H14Cl2N4O.C8H8Cl2N2O2.C8H8ClN3.C7H5Cl2NO.C6H3Cl2NO2.CH6N2/c1-14-17-7-8-18(25-21(17)29(2)28-14)19-13-20(24-16-5-3-15(23)4-6-16)27-22(26-19)30-9-11-31-12-10-30;1-9-10-7-8-11(16-12(10)18(6)17-9)15-19-13(2,3)14(4,5)20-15;15-10-1-3-11(4-2-10)17-13-9-12(16)18-14(19-13)20-5-7-21-8-6-20;1-12(14-2)8(13)5-3-4-6(9)11-7(5)10;1-5-6-3-4-7(9)10-8(6)12(2)11-5;1-4(11)5-2-3-6(8)10-7(5)9;7-4-2-1-3(6(10)11)5(8)9-4;1-3-2/h3-8,13H,9-12H2,1-2H3,(H,24,26,27);7-8H,1-6H3;1-4,9H,5-8H2,(H,17,18,19);3-4H,1-2H3;3-4H,1-2H3;2-3H,1H3;1-2H,(H,10,11);3H,2H2,1H3. The van der Waals surface area contributed by atoms with Gasteiger partial charge in [0.1, 0.15) is 52.9 Å². The lowest BCUT2D eigenvalue weighted by molar-refractivity contribution is -0.0757. The number of carbonyl (C=O) groups is 3. The minimum Gasteiger partial charge on any atom is -0.478 e. The molecule has 0 spiro atoms. The van der Waals surface area contributed by atoms with Gasteiger partial charge in [0.2, 0.25) is 11.9 Å². The summed E-state index contributed by atoms with van der Waals surface area (Å²) in [5, 5.41) is 35.5. The quantitative estimate of drug-likeness (QED) is 0.0189. The molecule has 16 rings (SSSR count). The van der Waals surface area contributed by atoms with Gasteiger partial charge in [0.15, 0.2) is 22.7 Å². The fourth-order valence-electron chi connectivity index (χ4n) is 11.5. The highest BCUT2D eigenvalue weighted by atomic mass is 35.5. The number of nitrogens with one attached hydrogen (secondary N) is 3. The molecule has 11 aromatic heterocycles. The van der Waals surface area contributed by atoms with Crippen LogP contribution in [0, 0.1) is 20.8 Å². The third kappa shape index (κ3) is 27.0. The number of hydrogen-bond donors (Lipinski definition) is 5. The van der Waals surface area contributed by atoms with Gasteiger partial charge < -0.3 is 44.3 Å². The lowest BCUT2D eigenvalue weighted by Gasteiger charge is -2.32. The molecule has 32 nitrogen and oxygen atoms in total. The van der Waals surface area contributed by atoms with E-state index in [-0.39, 0.29) is 59.8 Å². The number of morpholine rings is 2. The van der Waals surface area contributed by atoms with Gasteiger partial charge in [0, 0.05) is 104 Å². The molecule has 43 heteroatoms. The molecule has 3 aliphatic rings. The number of Topliss-reactive ketones (excluding diaryl/α,β-unsaturated/α-hetero) is 1. The summed E-state index contributed by atoms with van der Waals surface area (Å²) in [6, 6.07) is 39.0. The summed E-state index contributed by atoms with van der Waals surface area (Å²) in [5.74, 6) is 5.61. The van der Waals surface area contributed by atoms with Crippen molar-refractivity contribution in [1.82, 2.24) is 89.7 Å². The highest BCUT2D eigenvalue weighted by Gasteiger charge is 2.52. The number of carboxylic acids is 1. The normalized spacial score (nSPS) is 13.6. The van der Waals surface area contributed by atoms with E-state index in [1.54, 1.807) is 39.3 Å². The summed E-state index contributed by atoms with van der Waals surface area (Å²) in [6.07, 6.45) is 0. The van der Waals surface area contributed by atoms with E-state index in [2.05, 4.69) is 81.9 Å². The summed E-state index contributed by atoms with van der Waals surface area (Å²) >= 11 is 57.0. The molecule has 2 aromatic carbocycles. The number of rotatable bonds is 12. The number of aryl methyl sites for hydroxylation is 6. The van der Waals surface area contributed by atoms with Crippen molar-refractivity contribution in [1.29, 1.82) is 0 Å². The molecule has 6 N–H and O–H groups in total. The second-order valence-electron chi connectivity index (χ2n) is 27.7. The van der Waals surface area contributed by atoms with Crippen molar-refractivity contribution in [2.75, 3.05) is 94.2 Å². The number of hydrazine groups is 1. The zero-order chi connectivity index (χ0) is 89.7. The molecule has 3 aliphatic heterocycles. The number of benzene rings is 2.